The van der Waals surface area contributed by atoms with Gasteiger partial charge in [-0.25, -0.2) is 0 Å². The minimum atomic E-state index is -4.19. The first-order valence-corrected chi connectivity index (χ1v) is 8.70. The zero-order valence-electron chi connectivity index (χ0n) is 15.8. The lowest BCUT2D eigenvalue weighted by Crippen LogP contribution is -2.57. The number of furan rings is 1. The first-order chi connectivity index (χ1) is 12.2. The molecule has 1 aliphatic rings. The molecule has 1 aromatic heterocycles. The summed E-state index contributed by atoms with van der Waals surface area (Å²) in [5, 5.41) is 3.32. The number of hydrogen-bond donors (Lipinski definition) is 1. The summed E-state index contributed by atoms with van der Waals surface area (Å²) in [5.41, 5.74) is 0. The average Bonchev–Trinajstić information content (AvgIpc) is 3.11. The molecule has 2 rings (SSSR count). The standard InChI is InChI=1S/C17H28F3N5O/c1-13(17(18,19)20)24-7-9-25(10-8-24)16(21-2)22-12-14(23(3)4)15-6-5-11-26-15/h5-6,11,13-14H,7-10,12H2,1-4H3,(H,21,22). The second-order valence-corrected chi connectivity index (χ2v) is 6.66. The van der Waals surface area contributed by atoms with Gasteiger partial charge in [-0.1, -0.05) is 0 Å². The predicted octanol–water partition coefficient (Wildman–Crippen LogP) is 2.03. The second kappa shape index (κ2) is 8.77. The number of alkyl halides is 3. The normalized spacial score (nSPS) is 19.7. The molecule has 0 bridgehead atoms. The van der Waals surface area contributed by atoms with Gasteiger partial charge >= 0.3 is 6.18 Å². The highest BCUT2D eigenvalue weighted by Gasteiger charge is 2.41. The summed E-state index contributed by atoms with van der Waals surface area (Å²) in [6.07, 6.45) is -2.55. The molecule has 1 N–H and O–H groups in total. The van der Waals surface area contributed by atoms with Gasteiger partial charge in [0.2, 0.25) is 0 Å². The smallest absolute Gasteiger partial charge is 0.403 e. The molecule has 1 aromatic rings. The van der Waals surface area contributed by atoms with Crippen molar-refractivity contribution in [2.45, 2.75) is 25.2 Å². The molecular formula is C17H28F3N5O. The summed E-state index contributed by atoms with van der Waals surface area (Å²) < 4.78 is 44.1. The summed E-state index contributed by atoms with van der Waals surface area (Å²) in [6.45, 7) is 3.54. The number of nitrogens with zero attached hydrogens (tertiary/aromatic N) is 4. The van der Waals surface area contributed by atoms with E-state index in [0.29, 0.717) is 38.7 Å². The maximum absolute atomic E-state index is 12.9. The summed E-state index contributed by atoms with van der Waals surface area (Å²) in [5.74, 6) is 1.55. The molecule has 1 fully saturated rings. The average molecular weight is 375 g/mol. The molecule has 9 heteroatoms. The molecule has 0 amide bonds. The van der Waals surface area contributed by atoms with Gasteiger partial charge in [-0.2, -0.15) is 13.2 Å². The lowest BCUT2D eigenvalue weighted by atomic mass is 10.2. The highest BCUT2D eigenvalue weighted by Crippen LogP contribution is 2.25. The van der Waals surface area contributed by atoms with Crippen molar-refractivity contribution in [3.8, 4) is 0 Å². The Morgan fingerprint density at radius 3 is 2.42 bits per heavy atom. The minimum Gasteiger partial charge on any atom is -0.468 e. The van der Waals surface area contributed by atoms with Gasteiger partial charge in [0.05, 0.1) is 12.3 Å². The third-order valence-corrected chi connectivity index (χ3v) is 4.80. The third-order valence-electron chi connectivity index (χ3n) is 4.80. The van der Waals surface area contributed by atoms with Crippen molar-refractivity contribution in [2.75, 3.05) is 53.9 Å². The first-order valence-electron chi connectivity index (χ1n) is 8.70. The Labute approximate surface area is 152 Å². The largest absolute Gasteiger partial charge is 0.468 e. The highest BCUT2D eigenvalue weighted by atomic mass is 19.4. The molecule has 0 aliphatic carbocycles. The number of hydrogen-bond acceptors (Lipinski definition) is 4. The zero-order chi connectivity index (χ0) is 19.3. The molecule has 148 valence electrons. The number of piperazine rings is 1. The zero-order valence-corrected chi connectivity index (χ0v) is 15.8. The molecule has 2 unspecified atom stereocenters. The summed E-state index contributed by atoms with van der Waals surface area (Å²) in [7, 11) is 5.62. The fourth-order valence-electron chi connectivity index (χ4n) is 3.07. The minimum absolute atomic E-state index is 0.0355. The van der Waals surface area contributed by atoms with E-state index in [2.05, 4.69) is 10.3 Å². The van der Waals surface area contributed by atoms with E-state index in [4.69, 9.17) is 4.42 Å². The van der Waals surface area contributed by atoms with Gasteiger partial charge < -0.3 is 14.6 Å². The van der Waals surface area contributed by atoms with Crippen LogP contribution in [0, 0.1) is 0 Å². The van der Waals surface area contributed by atoms with Crippen molar-refractivity contribution in [1.82, 2.24) is 20.0 Å². The highest BCUT2D eigenvalue weighted by molar-refractivity contribution is 5.80. The third kappa shape index (κ3) is 5.14. The van der Waals surface area contributed by atoms with E-state index in [1.54, 1.807) is 13.3 Å². The molecule has 0 aromatic carbocycles. The summed E-state index contributed by atoms with van der Waals surface area (Å²) in [4.78, 5) is 9.79. The molecule has 2 atom stereocenters. The number of nitrogens with one attached hydrogen (secondary N) is 1. The van der Waals surface area contributed by atoms with Crippen LogP contribution in [0.3, 0.4) is 0 Å². The van der Waals surface area contributed by atoms with Crippen molar-refractivity contribution in [3.63, 3.8) is 0 Å². The number of aliphatic imine (C=N–C) groups is 1. The summed E-state index contributed by atoms with van der Waals surface area (Å²) >= 11 is 0. The van der Waals surface area contributed by atoms with Crippen LogP contribution in [0.5, 0.6) is 0 Å². The van der Waals surface area contributed by atoms with Crippen LogP contribution in [-0.2, 0) is 0 Å². The molecule has 1 aliphatic heterocycles. The Bertz CT molecular complexity index is 565. The van der Waals surface area contributed by atoms with Crippen LogP contribution in [0.25, 0.3) is 0 Å². The molecule has 0 saturated carbocycles. The van der Waals surface area contributed by atoms with E-state index >= 15 is 0 Å². The Kier molecular flexibility index (Phi) is 6.94. The van der Waals surface area contributed by atoms with Gasteiger partial charge in [-0.15, -0.1) is 0 Å². The monoisotopic (exact) mass is 375 g/mol. The van der Waals surface area contributed by atoms with E-state index in [0.717, 1.165) is 5.76 Å². The molecule has 26 heavy (non-hydrogen) atoms. The number of likely N-dealkylation sites (N-methyl/N-ethyl adjacent to an activating group) is 1. The fraction of sp³-hybridized carbons (Fsp3) is 0.706. The number of guanidine groups is 1. The Balaban J connectivity index is 1.90. The van der Waals surface area contributed by atoms with Crippen LogP contribution in [0.2, 0.25) is 0 Å². The van der Waals surface area contributed by atoms with Crippen molar-refractivity contribution in [2.24, 2.45) is 4.99 Å². The molecule has 1 saturated heterocycles. The Morgan fingerprint density at radius 2 is 1.96 bits per heavy atom. The Hall–Kier alpha value is -1.74. The van der Waals surface area contributed by atoms with Gasteiger partial charge in [0.25, 0.3) is 0 Å². The lowest BCUT2D eigenvalue weighted by molar-refractivity contribution is -0.181. The molecular weight excluding hydrogens is 347 g/mol. The van der Waals surface area contributed by atoms with Gasteiger partial charge in [-0.3, -0.25) is 14.8 Å². The van der Waals surface area contributed by atoms with E-state index in [1.807, 2.05) is 36.0 Å². The first kappa shape index (κ1) is 20.6. The van der Waals surface area contributed by atoms with Gasteiger partial charge in [-0.05, 0) is 33.2 Å². The van der Waals surface area contributed by atoms with E-state index < -0.39 is 12.2 Å². The predicted molar refractivity (Wildman–Crippen MR) is 95.2 cm³/mol. The number of halogens is 3. The topological polar surface area (TPSA) is 47.3 Å². The fourth-order valence-corrected chi connectivity index (χ4v) is 3.07. The van der Waals surface area contributed by atoms with Crippen LogP contribution >= 0.6 is 0 Å². The van der Waals surface area contributed by atoms with Crippen molar-refractivity contribution < 1.29 is 17.6 Å². The van der Waals surface area contributed by atoms with E-state index in [-0.39, 0.29) is 6.04 Å². The van der Waals surface area contributed by atoms with Gasteiger partial charge in [0.1, 0.15) is 11.8 Å². The van der Waals surface area contributed by atoms with Crippen molar-refractivity contribution >= 4 is 5.96 Å². The van der Waals surface area contributed by atoms with Gasteiger partial charge in [0, 0.05) is 39.8 Å². The quantitative estimate of drug-likeness (QED) is 0.630. The number of rotatable bonds is 5. The Morgan fingerprint density at radius 1 is 1.31 bits per heavy atom. The van der Waals surface area contributed by atoms with Gasteiger partial charge in [0.15, 0.2) is 5.96 Å². The molecule has 6 nitrogen and oxygen atoms in total. The van der Waals surface area contributed by atoms with E-state index in [9.17, 15) is 13.2 Å². The van der Waals surface area contributed by atoms with Crippen molar-refractivity contribution in [1.29, 1.82) is 0 Å². The van der Waals surface area contributed by atoms with Crippen molar-refractivity contribution in [3.05, 3.63) is 24.2 Å². The van der Waals surface area contributed by atoms with Crippen LogP contribution < -0.4 is 5.32 Å². The molecule has 0 spiro atoms. The van der Waals surface area contributed by atoms with Crippen LogP contribution in [0.4, 0.5) is 13.2 Å². The maximum Gasteiger partial charge on any atom is 0.403 e. The van der Waals surface area contributed by atoms with Crippen LogP contribution in [-0.4, -0.2) is 86.7 Å². The molecule has 0 radical (unpaired) electrons. The van der Waals surface area contributed by atoms with Crippen LogP contribution in [0.1, 0.15) is 18.7 Å². The van der Waals surface area contributed by atoms with E-state index in [1.165, 1.54) is 11.8 Å². The maximum atomic E-state index is 12.9. The van der Waals surface area contributed by atoms with Crippen LogP contribution in [0.15, 0.2) is 27.8 Å². The summed E-state index contributed by atoms with van der Waals surface area (Å²) in [6, 6.07) is 2.39. The second-order valence-electron chi connectivity index (χ2n) is 6.66. The molecule has 2 heterocycles. The SMILES string of the molecule is CN=C(NCC(c1ccco1)N(C)C)N1CCN(C(C)C(F)(F)F)CC1. The lowest BCUT2D eigenvalue weighted by Gasteiger charge is -2.40.